The molecule has 5 heteroatoms. The summed E-state index contributed by atoms with van der Waals surface area (Å²) in [5.74, 6) is -1.17. The predicted octanol–water partition coefficient (Wildman–Crippen LogP) is 5.52. The Hall–Kier alpha value is -3.44. The van der Waals surface area contributed by atoms with E-state index in [1.165, 1.54) is 11.3 Å². The molecule has 1 heterocycles. The smallest absolute Gasteiger partial charge is 0.335 e. The van der Waals surface area contributed by atoms with Gasteiger partial charge in [-0.05, 0) is 52.0 Å². The van der Waals surface area contributed by atoms with Crippen LogP contribution in [0.4, 0.5) is 5.00 Å². The van der Waals surface area contributed by atoms with Crippen LogP contribution in [0.15, 0.2) is 78.2 Å². The Kier molecular flexibility index (Phi) is 4.44. The van der Waals surface area contributed by atoms with Crippen molar-refractivity contribution in [2.24, 2.45) is 0 Å². The highest BCUT2D eigenvalue weighted by Gasteiger charge is 2.13. The molecule has 0 aliphatic heterocycles. The first-order chi connectivity index (χ1) is 13.1. The summed E-state index contributed by atoms with van der Waals surface area (Å²) in [6.07, 6.45) is 0. The molecule has 0 saturated heterocycles. The second kappa shape index (κ2) is 7.05. The Bertz CT molecular complexity index is 1160. The van der Waals surface area contributed by atoms with Gasteiger partial charge >= 0.3 is 5.97 Å². The van der Waals surface area contributed by atoms with Crippen LogP contribution in [-0.2, 0) is 0 Å². The lowest BCUT2D eigenvalue weighted by atomic mass is 10.0. The van der Waals surface area contributed by atoms with Gasteiger partial charge in [-0.3, -0.25) is 4.79 Å². The number of hydrogen-bond donors (Lipinski definition) is 2. The normalized spacial score (nSPS) is 10.7. The number of amides is 1. The molecule has 4 aromatic rings. The number of carboxylic acid groups (broad SMARTS) is 1. The van der Waals surface area contributed by atoms with Crippen molar-refractivity contribution in [2.45, 2.75) is 0 Å². The fraction of sp³-hybridized carbons (Fsp3) is 0. The Balaban J connectivity index is 1.63. The van der Waals surface area contributed by atoms with Crippen LogP contribution >= 0.6 is 11.3 Å². The van der Waals surface area contributed by atoms with Gasteiger partial charge in [-0.1, -0.05) is 42.5 Å². The van der Waals surface area contributed by atoms with Gasteiger partial charge in [0.05, 0.1) is 5.56 Å². The molecule has 3 aromatic carbocycles. The number of hydrogen-bond acceptors (Lipinski definition) is 3. The van der Waals surface area contributed by atoms with Gasteiger partial charge in [0, 0.05) is 11.1 Å². The van der Waals surface area contributed by atoms with Gasteiger partial charge in [0.15, 0.2) is 0 Å². The van der Waals surface area contributed by atoms with Gasteiger partial charge < -0.3 is 10.4 Å². The number of anilines is 1. The zero-order valence-corrected chi connectivity index (χ0v) is 15.0. The van der Waals surface area contributed by atoms with Crippen molar-refractivity contribution in [3.05, 3.63) is 89.3 Å². The van der Waals surface area contributed by atoms with Crippen LogP contribution in [0.5, 0.6) is 0 Å². The quantitative estimate of drug-likeness (QED) is 0.495. The SMILES string of the molecule is O=C(O)c1cccc(-c2ccsc2NC(=O)c2ccc3ccccc3c2)c1. The van der Waals surface area contributed by atoms with E-state index in [4.69, 9.17) is 0 Å². The zero-order valence-electron chi connectivity index (χ0n) is 14.2. The van der Waals surface area contributed by atoms with Crippen LogP contribution in [-0.4, -0.2) is 17.0 Å². The van der Waals surface area contributed by atoms with Crippen molar-refractivity contribution >= 4 is 39.0 Å². The monoisotopic (exact) mass is 373 g/mol. The first kappa shape index (κ1) is 17.0. The molecule has 0 aliphatic carbocycles. The van der Waals surface area contributed by atoms with E-state index in [0.717, 1.165) is 21.9 Å². The maximum atomic E-state index is 12.7. The minimum atomic E-state index is -0.978. The molecule has 0 aliphatic rings. The van der Waals surface area contributed by atoms with Crippen molar-refractivity contribution < 1.29 is 14.7 Å². The number of carbonyl (C=O) groups is 2. The molecule has 27 heavy (non-hydrogen) atoms. The van der Waals surface area contributed by atoms with E-state index in [1.807, 2.05) is 53.9 Å². The summed E-state index contributed by atoms with van der Waals surface area (Å²) in [5.41, 5.74) is 2.35. The second-order valence-corrected chi connectivity index (χ2v) is 6.98. The van der Waals surface area contributed by atoms with Crippen LogP contribution < -0.4 is 5.32 Å². The molecule has 1 aromatic heterocycles. The molecule has 0 saturated carbocycles. The summed E-state index contributed by atoms with van der Waals surface area (Å²) in [6, 6.07) is 22.0. The van der Waals surface area contributed by atoms with E-state index < -0.39 is 5.97 Å². The van der Waals surface area contributed by atoms with E-state index in [1.54, 1.807) is 24.3 Å². The van der Waals surface area contributed by atoms with Gasteiger partial charge in [-0.15, -0.1) is 11.3 Å². The van der Waals surface area contributed by atoms with Crippen LogP contribution in [0, 0.1) is 0 Å². The molecule has 132 valence electrons. The van der Waals surface area contributed by atoms with Crippen molar-refractivity contribution in [3.63, 3.8) is 0 Å². The number of carboxylic acids is 1. The summed E-state index contributed by atoms with van der Waals surface area (Å²) in [4.78, 5) is 23.9. The Labute approximate surface area is 159 Å². The molecular weight excluding hydrogens is 358 g/mol. The third kappa shape index (κ3) is 3.45. The second-order valence-electron chi connectivity index (χ2n) is 6.07. The highest BCUT2D eigenvalue weighted by atomic mass is 32.1. The third-order valence-corrected chi connectivity index (χ3v) is 5.15. The summed E-state index contributed by atoms with van der Waals surface area (Å²) >= 11 is 1.41. The number of thiophene rings is 1. The summed E-state index contributed by atoms with van der Waals surface area (Å²) in [7, 11) is 0. The highest BCUT2D eigenvalue weighted by molar-refractivity contribution is 7.15. The van der Waals surface area contributed by atoms with Gasteiger partial charge in [0.1, 0.15) is 5.00 Å². The van der Waals surface area contributed by atoms with Gasteiger partial charge in [-0.2, -0.15) is 0 Å². The lowest BCUT2D eigenvalue weighted by Gasteiger charge is -2.08. The van der Waals surface area contributed by atoms with E-state index >= 15 is 0 Å². The fourth-order valence-electron chi connectivity index (χ4n) is 2.96. The molecule has 1 amide bonds. The maximum absolute atomic E-state index is 12.7. The topological polar surface area (TPSA) is 66.4 Å². The molecule has 4 rings (SSSR count). The van der Waals surface area contributed by atoms with Crippen LogP contribution in [0.2, 0.25) is 0 Å². The predicted molar refractivity (Wildman–Crippen MR) is 109 cm³/mol. The van der Waals surface area contributed by atoms with Crippen molar-refractivity contribution in [1.29, 1.82) is 0 Å². The lowest BCUT2D eigenvalue weighted by molar-refractivity contribution is 0.0696. The first-order valence-electron chi connectivity index (χ1n) is 8.33. The van der Waals surface area contributed by atoms with Crippen molar-refractivity contribution in [2.75, 3.05) is 5.32 Å². The van der Waals surface area contributed by atoms with Crippen LogP contribution in [0.25, 0.3) is 21.9 Å². The summed E-state index contributed by atoms with van der Waals surface area (Å²) in [5, 5.41) is 16.8. The average Bonchev–Trinajstić information content (AvgIpc) is 3.15. The molecule has 0 fully saturated rings. The van der Waals surface area contributed by atoms with Gasteiger partial charge in [-0.25, -0.2) is 4.79 Å². The number of rotatable bonds is 4. The van der Waals surface area contributed by atoms with Crippen molar-refractivity contribution in [1.82, 2.24) is 0 Å². The first-order valence-corrected chi connectivity index (χ1v) is 9.21. The standard InChI is InChI=1S/C22H15NO3S/c24-20(17-9-8-14-4-1-2-5-15(14)12-17)23-21-19(10-11-27-21)16-6-3-7-18(13-16)22(25)26/h1-13H,(H,23,24)(H,25,26). The van der Waals surface area contributed by atoms with Crippen molar-refractivity contribution in [3.8, 4) is 11.1 Å². The largest absolute Gasteiger partial charge is 0.478 e. The number of fused-ring (bicyclic) bond motifs is 1. The molecule has 0 atom stereocenters. The third-order valence-electron chi connectivity index (χ3n) is 4.32. The van der Waals surface area contributed by atoms with E-state index in [9.17, 15) is 14.7 Å². The molecule has 0 spiro atoms. The number of nitrogens with one attached hydrogen (secondary N) is 1. The Morgan fingerprint density at radius 2 is 1.63 bits per heavy atom. The summed E-state index contributed by atoms with van der Waals surface area (Å²) < 4.78 is 0. The average molecular weight is 373 g/mol. The maximum Gasteiger partial charge on any atom is 0.335 e. The minimum Gasteiger partial charge on any atom is -0.478 e. The minimum absolute atomic E-state index is 0.196. The lowest BCUT2D eigenvalue weighted by Crippen LogP contribution is -2.11. The van der Waals surface area contributed by atoms with E-state index in [-0.39, 0.29) is 11.5 Å². The number of carbonyl (C=O) groups excluding carboxylic acids is 1. The molecular formula is C22H15NO3S. The molecule has 0 radical (unpaired) electrons. The Morgan fingerprint density at radius 1 is 0.815 bits per heavy atom. The van der Waals surface area contributed by atoms with Gasteiger partial charge in [0.25, 0.3) is 5.91 Å². The molecule has 0 unspecified atom stereocenters. The van der Waals surface area contributed by atoms with E-state index in [2.05, 4.69) is 5.32 Å². The molecule has 4 nitrogen and oxygen atoms in total. The zero-order chi connectivity index (χ0) is 18.8. The highest BCUT2D eigenvalue weighted by Crippen LogP contribution is 2.34. The molecule has 0 bridgehead atoms. The van der Waals surface area contributed by atoms with Crippen LogP contribution in [0.1, 0.15) is 20.7 Å². The Morgan fingerprint density at radius 3 is 2.44 bits per heavy atom. The van der Waals surface area contributed by atoms with E-state index in [0.29, 0.717) is 10.6 Å². The van der Waals surface area contributed by atoms with Crippen LogP contribution in [0.3, 0.4) is 0 Å². The van der Waals surface area contributed by atoms with Gasteiger partial charge in [0.2, 0.25) is 0 Å². The summed E-state index contributed by atoms with van der Waals surface area (Å²) in [6.45, 7) is 0. The fourth-order valence-corrected chi connectivity index (χ4v) is 3.76. The number of aromatic carboxylic acids is 1. The molecule has 2 N–H and O–H groups in total. The number of benzene rings is 3.